The number of fused-ring (bicyclic) bond motifs is 5. The fraction of sp³-hybridized carbons (Fsp3) is 0.278. The summed E-state index contributed by atoms with van der Waals surface area (Å²) in [7, 11) is 0. The Morgan fingerprint density at radius 3 is 2.55 bits per heavy atom. The van der Waals surface area contributed by atoms with E-state index in [4.69, 9.17) is 0 Å². The minimum Gasteiger partial charge on any atom is -0.262 e. The van der Waals surface area contributed by atoms with Gasteiger partial charge in [-0.3, -0.25) is 4.68 Å². The smallest absolute Gasteiger partial charge is 0.262 e. The lowest BCUT2D eigenvalue weighted by Crippen LogP contribution is -2.07. The molecule has 0 aliphatic rings. The highest BCUT2D eigenvalue weighted by atomic mass is 32.1. The highest BCUT2D eigenvalue weighted by molar-refractivity contribution is 7.26. The van der Waals surface area contributed by atoms with E-state index >= 15 is 0 Å². The fourth-order valence-corrected chi connectivity index (χ4v) is 4.58. The molecule has 0 aliphatic carbocycles. The topological polar surface area (TPSA) is 73.8 Å². The zero-order valence-corrected chi connectivity index (χ0v) is 16.8. The molecule has 31 heavy (non-hydrogen) atoms. The van der Waals surface area contributed by atoms with Gasteiger partial charge in [0.25, 0.3) is 6.43 Å². The van der Waals surface area contributed by atoms with Gasteiger partial charge in [0.2, 0.25) is 0 Å². The number of hydrogen-bond donors (Lipinski definition) is 0. The van der Waals surface area contributed by atoms with E-state index in [1.807, 2.05) is 0 Å². The average Bonchev–Trinajstić information content (AvgIpc) is 3.35. The van der Waals surface area contributed by atoms with Crippen LogP contribution in [0.1, 0.15) is 34.9 Å². The van der Waals surface area contributed by atoms with Crippen LogP contribution >= 0.6 is 11.3 Å². The monoisotopic (exact) mass is 453 g/mol. The molecule has 5 rings (SSSR count). The SMILES string of the molecule is Cc1cc(C(F)(F)F)nc2sc3c(ncn4nc(Cn5nc(C(F)F)cc5C)nc34)c12. The van der Waals surface area contributed by atoms with Crippen molar-refractivity contribution < 1.29 is 22.0 Å². The van der Waals surface area contributed by atoms with Crippen LogP contribution in [-0.2, 0) is 12.7 Å². The van der Waals surface area contributed by atoms with Gasteiger partial charge in [0.05, 0.1) is 5.52 Å². The molecule has 0 aromatic carbocycles. The highest BCUT2D eigenvalue weighted by Crippen LogP contribution is 2.38. The summed E-state index contributed by atoms with van der Waals surface area (Å²) in [5, 5.41) is 8.70. The van der Waals surface area contributed by atoms with Gasteiger partial charge in [-0.1, -0.05) is 0 Å². The van der Waals surface area contributed by atoms with Crippen LogP contribution < -0.4 is 0 Å². The fourth-order valence-electron chi connectivity index (χ4n) is 3.40. The number of thiophene rings is 1. The second-order valence-electron chi connectivity index (χ2n) is 6.99. The molecule has 0 bridgehead atoms. The molecule has 160 valence electrons. The van der Waals surface area contributed by atoms with Crippen molar-refractivity contribution in [3.63, 3.8) is 0 Å². The second kappa shape index (κ2) is 6.64. The minimum atomic E-state index is -4.56. The minimum absolute atomic E-state index is 0.0577. The molecule has 0 atom stereocenters. The standard InChI is InChI=1S/C18H12F5N7S/c1-7-3-10(18(21,22)23)25-17-12(7)13-14(31-17)16-26-11(28-30(16)6-24-13)5-29-8(2)4-9(27-29)15(19)20/h3-4,6,15H,5H2,1-2H3. The van der Waals surface area contributed by atoms with Crippen LogP contribution in [0.25, 0.3) is 26.1 Å². The van der Waals surface area contributed by atoms with E-state index in [-0.39, 0.29) is 17.1 Å². The number of nitrogens with zero attached hydrogens (tertiary/aromatic N) is 7. The van der Waals surface area contributed by atoms with Crippen molar-refractivity contribution in [2.45, 2.75) is 33.0 Å². The van der Waals surface area contributed by atoms with Gasteiger partial charge in [-0.05, 0) is 31.5 Å². The van der Waals surface area contributed by atoms with Gasteiger partial charge < -0.3 is 0 Å². The third-order valence-electron chi connectivity index (χ3n) is 4.81. The number of halogens is 5. The van der Waals surface area contributed by atoms with E-state index in [2.05, 4.69) is 25.1 Å². The maximum Gasteiger partial charge on any atom is 0.433 e. The van der Waals surface area contributed by atoms with E-state index in [1.54, 1.807) is 13.8 Å². The summed E-state index contributed by atoms with van der Waals surface area (Å²) in [4.78, 5) is 12.8. The predicted molar refractivity (Wildman–Crippen MR) is 102 cm³/mol. The van der Waals surface area contributed by atoms with Gasteiger partial charge in [0, 0.05) is 11.1 Å². The first-order chi connectivity index (χ1) is 14.6. The number of aryl methyl sites for hydroxylation is 2. The molecule has 7 nitrogen and oxygen atoms in total. The largest absolute Gasteiger partial charge is 0.433 e. The number of rotatable bonds is 3. The number of aromatic nitrogens is 7. The third kappa shape index (κ3) is 3.19. The van der Waals surface area contributed by atoms with E-state index in [0.717, 1.165) is 17.4 Å². The summed E-state index contributed by atoms with van der Waals surface area (Å²) in [5.74, 6) is 0.305. The Morgan fingerprint density at radius 1 is 1.10 bits per heavy atom. The molecule has 5 aromatic rings. The molecule has 0 saturated heterocycles. The summed E-state index contributed by atoms with van der Waals surface area (Å²) in [6, 6.07) is 2.29. The first kappa shape index (κ1) is 19.7. The third-order valence-corrected chi connectivity index (χ3v) is 5.88. The van der Waals surface area contributed by atoms with Crippen molar-refractivity contribution in [3.8, 4) is 0 Å². The summed E-state index contributed by atoms with van der Waals surface area (Å²) < 4.78 is 68.5. The quantitative estimate of drug-likeness (QED) is 0.370. The van der Waals surface area contributed by atoms with Gasteiger partial charge in [0.1, 0.15) is 33.8 Å². The Labute approximate surface area is 174 Å². The predicted octanol–water partition coefficient (Wildman–Crippen LogP) is 4.71. The molecule has 0 saturated carbocycles. The zero-order valence-electron chi connectivity index (χ0n) is 15.9. The Balaban J connectivity index is 1.64. The van der Waals surface area contributed by atoms with Crippen LogP contribution in [0.5, 0.6) is 0 Å². The van der Waals surface area contributed by atoms with E-state index < -0.39 is 18.3 Å². The molecule has 0 radical (unpaired) electrons. The van der Waals surface area contributed by atoms with E-state index in [0.29, 0.717) is 38.3 Å². The first-order valence-corrected chi connectivity index (χ1v) is 9.77. The van der Waals surface area contributed by atoms with E-state index in [9.17, 15) is 22.0 Å². The van der Waals surface area contributed by atoms with Crippen LogP contribution in [0.3, 0.4) is 0 Å². The lowest BCUT2D eigenvalue weighted by atomic mass is 10.1. The van der Waals surface area contributed by atoms with Gasteiger partial charge in [-0.2, -0.15) is 18.3 Å². The Hall–Kier alpha value is -3.22. The van der Waals surface area contributed by atoms with Crippen LogP contribution in [0.15, 0.2) is 18.5 Å². The summed E-state index contributed by atoms with van der Waals surface area (Å²) in [5.41, 5.74) is 0.518. The van der Waals surface area contributed by atoms with Gasteiger partial charge >= 0.3 is 6.18 Å². The molecular weight excluding hydrogens is 441 g/mol. The van der Waals surface area contributed by atoms with Gasteiger partial charge in [0.15, 0.2) is 11.5 Å². The van der Waals surface area contributed by atoms with Crippen LogP contribution in [-0.4, -0.2) is 34.3 Å². The molecule has 0 unspecified atom stereocenters. The molecule has 0 amide bonds. The summed E-state index contributed by atoms with van der Waals surface area (Å²) in [6.45, 7) is 3.28. The molecule has 0 N–H and O–H groups in total. The second-order valence-corrected chi connectivity index (χ2v) is 7.99. The van der Waals surface area contributed by atoms with Crippen LogP contribution in [0.4, 0.5) is 22.0 Å². The molecule has 5 aromatic heterocycles. The zero-order chi connectivity index (χ0) is 22.1. The Kier molecular flexibility index (Phi) is 4.22. The lowest BCUT2D eigenvalue weighted by molar-refractivity contribution is -0.141. The highest BCUT2D eigenvalue weighted by Gasteiger charge is 2.33. The maximum atomic E-state index is 13.1. The van der Waals surface area contributed by atoms with Gasteiger partial charge in [-0.25, -0.2) is 28.2 Å². The summed E-state index contributed by atoms with van der Waals surface area (Å²) in [6.07, 6.45) is -5.83. The van der Waals surface area contributed by atoms with Crippen molar-refractivity contribution in [1.82, 2.24) is 34.3 Å². The van der Waals surface area contributed by atoms with Crippen molar-refractivity contribution in [2.24, 2.45) is 0 Å². The number of pyridine rings is 1. The first-order valence-electron chi connectivity index (χ1n) is 8.95. The van der Waals surface area contributed by atoms with Crippen molar-refractivity contribution in [3.05, 3.63) is 46.9 Å². The number of alkyl halides is 5. The Morgan fingerprint density at radius 2 is 1.87 bits per heavy atom. The van der Waals surface area contributed by atoms with Crippen LogP contribution in [0.2, 0.25) is 0 Å². The van der Waals surface area contributed by atoms with Crippen LogP contribution in [0, 0.1) is 13.8 Å². The van der Waals surface area contributed by atoms with Crippen molar-refractivity contribution in [2.75, 3.05) is 0 Å². The molecule has 5 heterocycles. The Bertz CT molecular complexity index is 1460. The number of hydrogen-bond acceptors (Lipinski definition) is 6. The average molecular weight is 453 g/mol. The van der Waals surface area contributed by atoms with Gasteiger partial charge in [-0.15, -0.1) is 16.4 Å². The molecule has 0 aliphatic heterocycles. The van der Waals surface area contributed by atoms with E-state index in [1.165, 1.54) is 21.6 Å². The molecular formula is C18H12F5N7S. The maximum absolute atomic E-state index is 13.1. The summed E-state index contributed by atoms with van der Waals surface area (Å²) >= 11 is 1.05. The van der Waals surface area contributed by atoms with Crippen molar-refractivity contribution in [1.29, 1.82) is 0 Å². The normalized spacial score (nSPS) is 12.8. The lowest BCUT2D eigenvalue weighted by Gasteiger charge is -2.06. The molecule has 0 spiro atoms. The van der Waals surface area contributed by atoms with Crippen molar-refractivity contribution >= 4 is 37.4 Å². The molecule has 0 fully saturated rings. The molecule has 13 heteroatoms.